The molecule has 3 aliphatic rings. The van der Waals surface area contributed by atoms with Crippen LogP contribution in [0, 0.1) is 22.2 Å². The van der Waals surface area contributed by atoms with Gasteiger partial charge >= 0.3 is 5.97 Å². The van der Waals surface area contributed by atoms with Crippen molar-refractivity contribution >= 4 is 15.8 Å². The normalized spacial score (nSPS) is 25.0. The molecule has 0 saturated heterocycles. The fourth-order valence-electron chi connectivity index (χ4n) is 4.87. The Morgan fingerprint density at radius 3 is 2.18 bits per heavy atom. The molecule has 0 aliphatic heterocycles. The van der Waals surface area contributed by atoms with Crippen LogP contribution in [0.1, 0.15) is 72.1 Å². The highest BCUT2D eigenvalue weighted by Crippen LogP contribution is 2.57. The number of carbonyl (C=O) groups excluding carboxylic acids is 1. The van der Waals surface area contributed by atoms with Gasteiger partial charge in [0, 0.05) is 6.42 Å². The van der Waals surface area contributed by atoms with E-state index in [0.29, 0.717) is 17.7 Å². The smallest absolute Gasteiger partial charge is 0.306 e. The van der Waals surface area contributed by atoms with Crippen LogP contribution in [-0.2, 0) is 19.4 Å². The summed E-state index contributed by atoms with van der Waals surface area (Å²) in [6.07, 6.45) is 5.34. The molecule has 3 aliphatic carbocycles. The molecule has 1 aromatic rings. The first kappa shape index (κ1) is 26.2. The Morgan fingerprint density at radius 1 is 1.09 bits per heavy atom. The third-order valence-corrected chi connectivity index (χ3v) is 8.95. The molecule has 1 aromatic carbocycles. The van der Waals surface area contributed by atoms with E-state index in [1.807, 2.05) is 0 Å². The third kappa shape index (κ3) is 6.59. The number of nitrogens with zero attached hydrogens (tertiary/aromatic N) is 1. The lowest BCUT2D eigenvalue weighted by molar-refractivity contribution is -0.154. The lowest BCUT2D eigenvalue weighted by atomic mass is 9.55. The molecule has 0 unspecified atom stereocenters. The lowest BCUT2D eigenvalue weighted by Crippen LogP contribution is -2.44. The number of rotatable bonds is 9. The highest BCUT2D eigenvalue weighted by molar-refractivity contribution is 7.91. The van der Waals surface area contributed by atoms with Crippen molar-refractivity contribution in [1.82, 2.24) is 0 Å². The zero-order valence-corrected chi connectivity index (χ0v) is 21.0. The number of benzene rings is 1. The summed E-state index contributed by atoms with van der Waals surface area (Å²) in [7, 11) is -3.48. The van der Waals surface area contributed by atoms with E-state index in [-0.39, 0.29) is 40.9 Å². The van der Waals surface area contributed by atoms with Gasteiger partial charge in [-0.25, -0.2) is 12.8 Å². The first-order valence-corrected chi connectivity index (χ1v) is 13.4. The summed E-state index contributed by atoms with van der Waals surface area (Å²) < 4.78 is 50.2. The van der Waals surface area contributed by atoms with E-state index in [9.17, 15) is 22.9 Å². The Bertz CT molecular complexity index is 1040. The van der Waals surface area contributed by atoms with Gasteiger partial charge in [-0.3, -0.25) is 4.79 Å². The average Bonchev–Trinajstić information content (AvgIpc) is 2.79. The highest BCUT2D eigenvalue weighted by Gasteiger charge is 2.50. The van der Waals surface area contributed by atoms with Crippen LogP contribution in [0.15, 0.2) is 41.1 Å². The number of fused-ring (bicyclic) bond motifs is 3. The van der Waals surface area contributed by atoms with Crippen molar-refractivity contribution in [2.75, 3.05) is 12.4 Å². The predicted octanol–water partition coefficient (Wildman–Crippen LogP) is 5.68. The molecule has 0 spiro atoms. The highest BCUT2D eigenvalue weighted by atomic mass is 32.2. The average molecular weight is 492 g/mol. The van der Waals surface area contributed by atoms with Gasteiger partial charge in [0.05, 0.1) is 28.5 Å². The fourth-order valence-corrected chi connectivity index (χ4v) is 6.82. The molecule has 0 aromatic heterocycles. The van der Waals surface area contributed by atoms with Gasteiger partial charge in [0.25, 0.3) is 0 Å². The van der Waals surface area contributed by atoms with Gasteiger partial charge in [0.1, 0.15) is 18.0 Å². The maximum absolute atomic E-state index is 13.2. The predicted molar refractivity (Wildman–Crippen MR) is 126 cm³/mol. The van der Waals surface area contributed by atoms with Crippen molar-refractivity contribution in [1.29, 1.82) is 5.26 Å². The summed E-state index contributed by atoms with van der Waals surface area (Å²) in [5.74, 6) is 0.110. The number of hydrogen-bond acceptors (Lipinski definition) is 6. The molecule has 0 radical (unpaired) electrons. The topological polar surface area (TPSA) is 93.5 Å². The first-order chi connectivity index (χ1) is 15.9. The monoisotopic (exact) mass is 491 g/mol. The Kier molecular flexibility index (Phi) is 7.76. The second-order valence-electron chi connectivity index (χ2n) is 10.8. The number of ether oxygens (including phenoxy) is 2. The molecular formula is C26H34FNO5S. The van der Waals surface area contributed by atoms with Crippen LogP contribution in [0.4, 0.5) is 4.39 Å². The van der Waals surface area contributed by atoms with Crippen molar-refractivity contribution in [3.63, 3.8) is 0 Å². The van der Waals surface area contributed by atoms with Gasteiger partial charge in [0.15, 0.2) is 9.84 Å². The van der Waals surface area contributed by atoms with Crippen LogP contribution in [0.2, 0.25) is 0 Å². The van der Waals surface area contributed by atoms with E-state index < -0.39 is 21.4 Å². The summed E-state index contributed by atoms with van der Waals surface area (Å²) in [5, 5.41) is 9.45. The Morgan fingerprint density at radius 2 is 1.68 bits per heavy atom. The number of nitriles is 1. The van der Waals surface area contributed by atoms with Crippen LogP contribution in [-0.4, -0.2) is 32.3 Å². The van der Waals surface area contributed by atoms with E-state index in [4.69, 9.17) is 9.47 Å². The van der Waals surface area contributed by atoms with E-state index >= 15 is 0 Å². The summed E-state index contributed by atoms with van der Waals surface area (Å²) in [4.78, 5) is 12.1. The fraction of sp³-hybridized carbons (Fsp3) is 0.615. The first-order valence-electron chi connectivity index (χ1n) is 11.8. The van der Waals surface area contributed by atoms with Crippen molar-refractivity contribution < 1.29 is 27.1 Å². The molecule has 34 heavy (non-hydrogen) atoms. The molecule has 2 bridgehead atoms. The minimum absolute atomic E-state index is 0.0464. The number of halogens is 1. The van der Waals surface area contributed by atoms with Gasteiger partial charge in [-0.15, -0.1) is 0 Å². The third-order valence-electron chi connectivity index (χ3n) is 6.97. The molecule has 6 nitrogen and oxygen atoms in total. The summed E-state index contributed by atoms with van der Waals surface area (Å²) >= 11 is 0. The molecule has 3 saturated carbocycles. The molecule has 0 amide bonds. The second-order valence-corrected chi connectivity index (χ2v) is 12.8. The Labute approximate surface area is 202 Å². The van der Waals surface area contributed by atoms with Crippen LogP contribution >= 0.6 is 0 Å². The lowest BCUT2D eigenvalue weighted by Gasteiger charge is -2.50. The van der Waals surface area contributed by atoms with Crippen LogP contribution in [0.25, 0.3) is 0 Å². The van der Waals surface area contributed by atoms with Gasteiger partial charge < -0.3 is 9.47 Å². The van der Waals surface area contributed by atoms with Crippen LogP contribution in [0.5, 0.6) is 5.75 Å². The molecule has 3 fully saturated rings. The van der Waals surface area contributed by atoms with Gasteiger partial charge in [-0.1, -0.05) is 0 Å². The van der Waals surface area contributed by atoms with Crippen LogP contribution < -0.4 is 4.74 Å². The van der Waals surface area contributed by atoms with Crippen molar-refractivity contribution in [2.24, 2.45) is 10.8 Å². The molecule has 0 atom stereocenters. The molecule has 4 rings (SSSR count). The SMILES string of the molecule is CC(C)(C)OC(=O)CC/C(=C\F)COc1ccc(S(=O)(=O)CC23CCC(C#N)(CC2)CC3)cc1. The minimum Gasteiger partial charge on any atom is -0.489 e. The summed E-state index contributed by atoms with van der Waals surface area (Å²) in [5.41, 5.74) is -0.764. The Hall–Kier alpha value is -2.40. The number of sulfone groups is 1. The number of hydrogen-bond donors (Lipinski definition) is 0. The minimum atomic E-state index is -3.48. The van der Waals surface area contributed by atoms with E-state index in [1.54, 1.807) is 32.9 Å². The largest absolute Gasteiger partial charge is 0.489 e. The zero-order chi connectivity index (χ0) is 25.0. The quantitative estimate of drug-likeness (QED) is 0.413. The molecule has 8 heteroatoms. The van der Waals surface area contributed by atoms with Gasteiger partial charge in [-0.05, 0) is 101 Å². The molecule has 186 valence electrons. The maximum Gasteiger partial charge on any atom is 0.306 e. The van der Waals surface area contributed by atoms with Crippen LogP contribution in [0.3, 0.4) is 0 Å². The molecule has 0 heterocycles. The molecular weight excluding hydrogens is 457 g/mol. The van der Waals surface area contributed by atoms with E-state index in [0.717, 1.165) is 38.5 Å². The molecule has 0 N–H and O–H groups in total. The number of esters is 1. The van der Waals surface area contributed by atoms with Crippen molar-refractivity contribution in [2.45, 2.75) is 82.6 Å². The number of carbonyl (C=O) groups is 1. The van der Waals surface area contributed by atoms with Crippen molar-refractivity contribution in [3.05, 3.63) is 36.2 Å². The van der Waals surface area contributed by atoms with E-state index in [1.165, 1.54) is 12.1 Å². The summed E-state index contributed by atoms with van der Waals surface area (Å²) in [6.45, 7) is 5.27. The standard InChI is InChI=1S/C26H34FNO5S/c1-24(2,3)33-23(29)9-4-20(16-27)17-32-21-5-7-22(8-6-21)34(30,31)19-26-13-10-25(18-28,11-14-26)12-15-26/h5-8,16H,4,9-15,17,19H2,1-3H3/b20-16+. The maximum atomic E-state index is 13.2. The van der Waals surface area contributed by atoms with Gasteiger partial charge in [0.2, 0.25) is 0 Å². The van der Waals surface area contributed by atoms with E-state index in [2.05, 4.69) is 6.07 Å². The van der Waals surface area contributed by atoms with Gasteiger partial charge in [-0.2, -0.15) is 5.26 Å². The zero-order valence-electron chi connectivity index (χ0n) is 20.2. The summed E-state index contributed by atoms with van der Waals surface area (Å²) in [6, 6.07) is 8.63. The van der Waals surface area contributed by atoms with Crippen molar-refractivity contribution in [3.8, 4) is 11.8 Å². The second kappa shape index (κ2) is 10.1. The Balaban J connectivity index is 1.53.